The van der Waals surface area contributed by atoms with E-state index in [0.717, 1.165) is 35.1 Å². The van der Waals surface area contributed by atoms with Gasteiger partial charge >= 0.3 is 0 Å². The standard InChI is InChI=1S/C30H31ClN2O5/c1-28(2,3)22-8-13-26-25(16-22)27(35)32(17-20-4-11-24(12-5-20)33(36)37)30(26,21-6-9-23(31)10-7-21)38-19-29(18-34)14-15-29/h4-13,16,34H,14-15,17-19H2,1-3H3. The van der Waals surface area contributed by atoms with Crippen LogP contribution in [0.2, 0.25) is 5.02 Å². The molecule has 7 nitrogen and oxygen atoms in total. The van der Waals surface area contributed by atoms with Crippen molar-refractivity contribution in [2.24, 2.45) is 5.41 Å². The Bertz CT molecular complexity index is 1380. The summed E-state index contributed by atoms with van der Waals surface area (Å²) < 4.78 is 6.80. The zero-order valence-electron chi connectivity index (χ0n) is 21.7. The van der Waals surface area contributed by atoms with E-state index in [1.54, 1.807) is 29.2 Å². The van der Waals surface area contributed by atoms with E-state index in [4.69, 9.17) is 16.3 Å². The number of amides is 1. The molecule has 1 aliphatic heterocycles. The number of aliphatic hydroxyl groups is 1. The monoisotopic (exact) mass is 534 g/mol. The van der Waals surface area contributed by atoms with Crippen LogP contribution in [-0.4, -0.2) is 34.1 Å². The fourth-order valence-electron chi connectivity index (χ4n) is 5.01. The smallest absolute Gasteiger partial charge is 0.269 e. The number of carbonyl (C=O) groups excluding carboxylic acids is 1. The molecular weight excluding hydrogens is 504 g/mol. The number of ether oxygens (including phenoxy) is 1. The number of carbonyl (C=O) groups is 1. The third-order valence-electron chi connectivity index (χ3n) is 7.71. The maximum Gasteiger partial charge on any atom is 0.269 e. The van der Waals surface area contributed by atoms with Crippen LogP contribution < -0.4 is 0 Å². The Balaban J connectivity index is 1.68. The number of fused-ring (bicyclic) bond motifs is 1. The summed E-state index contributed by atoms with van der Waals surface area (Å²) in [5.74, 6) is -0.187. The van der Waals surface area contributed by atoms with E-state index in [9.17, 15) is 20.0 Å². The lowest BCUT2D eigenvalue weighted by molar-refractivity contribution is -0.384. The first-order valence-electron chi connectivity index (χ1n) is 12.7. The largest absolute Gasteiger partial charge is 0.396 e. The molecule has 5 rings (SSSR count). The summed E-state index contributed by atoms with van der Waals surface area (Å²) in [5.41, 5.74) is 2.03. The van der Waals surface area contributed by atoms with Crippen LogP contribution in [0.4, 0.5) is 5.69 Å². The summed E-state index contributed by atoms with van der Waals surface area (Å²) >= 11 is 6.24. The van der Waals surface area contributed by atoms with Crippen LogP contribution in [-0.2, 0) is 22.4 Å². The number of halogens is 1. The van der Waals surface area contributed by atoms with Gasteiger partial charge in [-0.3, -0.25) is 19.8 Å². The van der Waals surface area contributed by atoms with Gasteiger partial charge in [0, 0.05) is 45.8 Å². The van der Waals surface area contributed by atoms with E-state index in [2.05, 4.69) is 20.8 Å². The summed E-state index contributed by atoms with van der Waals surface area (Å²) in [7, 11) is 0. The molecule has 1 amide bonds. The van der Waals surface area contributed by atoms with E-state index < -0.39 is 10.6 Å². The summed E-state index contributed by atoms with van der Waals surface area (Å²) in [6.45, 7) is 6.76. The molecule has 198 valence electrons. The van der Waals surface area contributed by atoms with Crippen molar-refractivity contribution in [3.05, 3.63) is 110 Å². The van der Waals surface area contributed by atoms with Gasteiger partial charge in [-0.1, -0.05) is 68.8 Å². The summed E-state index contributed by atoms with van der Waals surface area (Å²) in [6.07, 6.45) is 1.71. The third kappa shape index (κ3) is 4.59. The molecule has 0 aromatic heterocycles. The summed E-state index contributed by atoms with van der Waals surface area (Å²) in [6, 6.07) is 19.4. The van der Waals surface area contributed by atoms with Crippen molar-refractivity contribution in [3.63, 3.8) is 0 Å². The lowest BCUT2D eigenvalue weighted by Crippen LogP contribution is -2.47. The van der Waals surface area contributed by atoms with E-state index in [0.29, 0.717) is 10.6 Å². The highest BCUT2D eigenvalue weighted by Crippen LogP contribution is 2.51. The molecule has 1 N–H and O–H groups in total. The highest BCUT2D eigenvalue weighted by atomic mass is 35.5. The van der Waals surface area contributed by atoms with Crippen molar-refractivity contribution in [1.29, 1.82) is 0 Å². The summed E-state index contributed by atoms with van der Waals surface area (Å²) in [5, 5.41) is 21.8. The summed E-state index contributed by atoms with van der Waals surface area (Å²) in [4.78, 5) is 26.6. The van der Waals surface area contributed by atoms with Crippen LogP contribution in [0.25, 0.3) is 0 Å². The number of nitro groups is 1. The van der Waals surface area contributed by atoms with Crippen molar-refractivity contribution >= 4 is 23.2 Å². The van der Waals surface area contributed by atoms with Crippen molar-refractivity contribution in [2.45, 2.75) is 51.3 Å². The van der Waals surface area contributed by atoms with E-state index in [1.165, 1.54) is 12.1 Å². The Morgan fingerprint density at radius 2 is 1.71 bits per heavy atom. The van der Waals surface area contributed by atoms with Crippen molar-refractivity contribution in [2.75, 3.05) is 13.2 Å². The maximum atomic E-state index is 14.2. The molecular formula is C30H31ClN2O5. The van der Waals surface area contributed by atoms with E-state index in [-0.39, 0.29) is 42.2 Å². The van der Waals surface area contributed by atoms with Crippen molar-refractivity contribution < 1.29 is 19.6 Å². The molecule has 0 saturated heterocycles. The number of non-ortho nitro benzene ring substituents is 1. The van der Waals surface area contributed by atoms with Crippen LogP contribution in [0.1, 0.15) is 66.2 Å². The van der Waals surface area contributed by atoms with Gasteiger partial charge in [-0.15, -0.1) is 0 Å². The molecule has 8 heteroatoms. The van der Waals surface area contributed by atoms with Gasteiger partial charge in [0.1, 0.15) is 0 Å². The number of hydrogen-bond donors (Lipinski definition) is 1. The number of hydrogen-bond acceptors (Lipinski definition) is 5. The highest BCUT2D eigenvalue weighted by molar-refractivity contribution is 6.30. The molecule has 0 spiro atoms. The molecule has 1 aliphatic carbocycles. The molecule has 1 atom stereocenters. The normalized spacial score (nSPS) is 19.9. The number of aliphatic hydroxyl groups excluding tert-OH is 1. The first-order chi connectivity index (χ1) is 18.0. The molecule has 0 bridgehead atoms. The van der Waals surface area contributed by atoms with Gasteiger partial charge in [0.2, 0.25) is 0 Å². The molecule has 0 radical (unpaired) electrons. The number of rotatable bonds is 8. The Morgan fingerprint density at radius 3 is 2.26 bits per heavy atom. The second-order valence-electron chi connectivity index (χ2n) is 11.4. The predicted octanol–water partition coefficient (Wildman–Crippen LogP) is 6.19. The fraction of sp³-hybridized carbons (Fsp3) is 0.367. The van der Waals surface area contributed by atoms with Crippen molar-refractivity contribution in [3.8, 4) is 0 Å². The molecule has 1 heterocycles. The Morgan fingerprint density at radius 1 is 1.05 bits per heavy atom. The van der Waals surface area contributed by atoms with Gasteiger partial charge in [-0.2, -0.15) is 0 Å². The quantitative estimate of drug-likeness (QED) is 0.275. The molecule has 38 heavy (non-hydrogen) atoms. The minimum Gasteiger partial charge on any atom is -0.396 e. The minimum atomic E-state index is -1.26. The average molecular weight is 535 g/mol. The molecule has 3 aromatic carbocycles. The Kier molecular flexibility index (Phi) is 6.58. The SMILES string of the molecule is CC(C)(C)c1ccc2c(c1)C(=O)N(Cc1ccc([N+](=O)[O-])cc1)C2(OCC1(CO)CC1)c1ccc(Cl)cc1. The Hall–Kier alpha value is -3.26. The van der Waals surface area contributed by atoms with Gasteiger partial charge in [0.05, 0.1) is 18.1 Å². The molecule has 2 aliphatic rings. The first kappa shape index (κ1) is 26.4. The van der Waals surface area contributed by atoms with Crippen LogP contribution >= 0.6 is 11.6 Å². The number of nitrogens with zero attached hydrogens (tertiary/aromatic N) is 2. The molecule has 1 saturated carbocycles. The maximum absolute atomic E-state index is 14.2. The lowest BCUT2D eigenvalue weighted by Gasteiger charge is -2.40. The third-order valence-corrected chi connectivity index (χ3v) is 7.96. The fourth-order valence-corrected chi connectivity index (χ4v) is 5.14. The van der Waals surface area contributed by atoms with Gasteiger partial charge in [0.15, 0.2) is 5.72 Å². The van der Waals surface area contributed by atoms with E-state index >= 15 is 0 Å². The van der Waals surface area contributed by atoms with Crippen LogP contribution in [0.15, 0.2) is 66.7 Å². The lowest BCUT2D eigenvalue weighted by atomic mass is 9.84. The van der Waals surface area contributed by atoms with Gasteiger partial charge in [-0.05, 0) is 47.6 Å². The molecule has 3 aromatic rings. The topological polar surface area (TPSA) is 92.9 Å². The minimum absolute atomic E-state index is 0.00974. The number of benzene rings is 3. The zero-order valence-corrected chi connectivity index (χ0v) is 22.5. The molecule has 1 unspecified atom stereocenters. The number of nitro benzene ring substituents is 1. The van der Waals surface area contributed by atoms with E-state index in [1.807, 2.05) is 30.3 Å². The zero-order chi connectivity index (χ0) is 27.3. The average Bonchev–Trinajstić information content (AvgIpc) is 3.64. The molecule has 1 fully saturated rings. The predicted molar refractivity (Wildman–Crippen MR) is 145 cm³/mol. The second-order valence-corrected chi connectivity index (χ2v) is 11.9. The van der Waals surface area contributed by atoms with Crippen molar-refractivity contribution in [1.82, 2.24) is 4.90 Å². The Labute approximate surface area is 227 Å². The van der Waals surface area contributed by atoms with Crippen LogP contribution in [0.5, 0.6) is 0 Å². The first-order valence-corrected chi connectivity index (χ1v) is 13.1. The van der Waals surface area contributed by atoms with Gasteiger partial charge in [-0.25, -0.2) is 0 Å². The highest BCUT2D eigenvalue weighted by Gasteiger charge is 2.54. The second kappa shape index (κ2) is 9.49. The van der Waals surface area contributed by atoms with Crippen LogP contribution in [0, 0.1) is 15.5 Å². The van der Waals surface area contributed by atoms with Crippen LogP contribution in [0.3, 0.4) is 0 Å². The van der Waals surface area contributed by atoms with Gasteiger partial charge < -0.3 is 9.84 Å². The van der Waals surface area contributed by atoms with Gasteiger partial charge in [0.25, 0.3) is 11.6 Å².